The molecular weight excluding hydrogens is 246 g/mol. The Morgan fingerprint density at radius 2 is 2.06 bits per heavy atom. The number of hydrogen-bond acceptors (Lipinski definition) is 2. The van der Waals surface area contributed by atoms with E-state index in [-0.39, 0.29) is 0 Å². The monoisotopic (exact) mass is 271 g/mol. The van der Waals surface area contributed by atoms with Crippen molar-refractivity contribution in [3.63, 3.8) is 0 Å². The standard InChI is InChI=1S/C14H26ClN3/c1-6-8-10(3)12(16-4)9-13-14(15)11(7-2)17-18(13)5/h10,12,16H,6-9H2,1-5H3. The Kier molecular flexibility index (Phi) is 6.16. The van der Waals surface area contributed by atoms with E-state index >= 15 is 0 Å². The molecule has 1 aromatic rings. The van der Waals surface area contributed by atoms with E-state index in [1.165, 1.54) is 12.8 Å². The van der Waals surface area contributed by atoms with Gasteiger partial charge in [-0.25, -0.2) is 0 Å². The molecule has 0 amide bonds. The van der Waals surface area contributed by atoms with Crippen molar-refractivity contribution in [1.29, 1.82) is 0 Å². The van der Waals surface area contributed by atoms with Gasteiger partial charge in [0.05, 0.1) is 16.4 Å². The van der Waals surface area contributed by atoms with Gasteiger partial charge in [-0.3, -0.25) is 4.68 Å². The van der Waals surface area contributed by atoms with Crippen molar-refractivity contribution in [3.8, 4) is 0 Å². The first-order chi connectivity index (χ1) is 8.54. The summed E-state index contributed by atoms with van der Waals surface area (Å²) >= 11 is 6.40. The molecule has 1 N–H and O–H groups in total. The Bertz CT molecular complexity index is 373. The molecule has 1 heterocycles. The van der Waals surface area contributed by atoms with Gasteiger partial charge in [0.1, 0.15) is 0 Å². The van der Waals surface area contributed by atoms with Crippen LogP contribution in [0.3, 0.4) is 0 Å². The number of nitrogens with zero attached hydrogens (tertiary/aromatic N) is 2. The highest BCUT2D eigenvalue weighted by Gasteiger charge is 2.20. The molecule has 0 radical (unpaired) electrons. The molecule has 0 aliphatic carbocycles. The molecule has 0 bridgehead atoms. The van der Waals surface area contributed by atoms with Gasteiger partial charge in [0.25, 0.3) is 0 Å². The predicted molar refractivity (Wildman–Crippen MR) is 78.2 cm³/mol. The Morgan fingerprint density at radius 1 is 1.39 bits per heavy atom. The van der Waals surface area contributed by atoms with Gasteiger partial charge in [0.2, 0.25) is 0 Å². The van der Waals surface area contributed by atoms with Crippen molar-refractivity contribution in [3.05, 3.63) is 16.4 Å². The smallest absolute Gasteiger partial charge is 0.0850 e. The molecule has 3 nitrogen and oxygen atoms in total. The fourth-order valence-electron chi connectivity index (χ4n) is 2.49. The van der Waals surface area contributed by atoms with Crippen LogP contribution in [0.1, 0.15) is 45.0 Å². The fraction of sp³-hybridized carbons (Fsp3) is 0.786. The molecule has 0 aliphatic rings. The molecule has 0 fully saturated rings. The molecule has 0 aliphatic heterocycles. The second kappa shape index (κ2) is 7.15. The predicted octanol–water partition coefficient (Wildman–Crippen LogP) is 3.20. The van der Waals surface area contributed by atoms with E-state index in [4.69, 9.17) is 11.6 Å². The quantitative estimate of drug-likeness (QED) is 0.825. The minimum atomic E-state index is 0.461. The van der Waals surface area contributed by atoms with Gasteiger partial charge in [0.15, 0.2) is 0 Å². The van der Waals surface area contributed by atoms with E-state index in [0.29, 0.717) is 12.0 Å². The normalized spacial score (nSPS) is 14.8. The molecule has 0 saturated carbocycles. The van der Waals surface area contributed by atoms with Gasteiger partial charge in [-0.2, -0.15) is 5.10 Å². The summed E-state index contributed by atoms with van der Waals surface area (Å²) in [6.07, 6.45) is 4.29. The second-order valence-electron chi connectivity index (χ2n) is 5.05. The first kappa shape index (κ1) is 15.5. The van der Waals surface area contributed by atoms with Crippen LogP contribution in [0.2, 0.25) is 5.02 Å². The van der Waals surface area contributed by atoms with Crippen molar-refractivity contribution in [2.24, 2.45) is 13.0 Å². The summed E-state index contributed by atoms with van der Waals surface area (Å²) in [5.74, 6) is 0.649. The number of aryl methyl sites for hydroxylation is 2. The highest BCUT2D eigenvalue weighted by atomic mass is 35.5. The fourth-order valence-corrected chi connectivity index (χ4v) is 2.87. The van der Waals surface area contributed by atoms with E-state index in [1.807, 2.05) is 18.8 Å². The van der Waals surface area contributed by atoms with Gasteiger partial charge in [0, 0.05) is 19.5 Å². The molecule has 4 heteroatoms. The van der Waals surface area contributed by atoms with Crippen LogP contribution < -0.4 is 5.32 Å². The molecule has 1 aromatic heterocycles. The summed E-state index contributed by atoms with van der Waals surface area (Å²) in [4.78, 5) is 0. The topological polar surface area (TPSA) is 29.9 Å². The number of nitrogens with one attached hydrogen (secondary N) is 1. The largest absolute Gasteiger partial charge is 0.316 e. The Balaban J connectivity index is 2.84. The zero-order chi connectivity index (χ0) is 13.7. The summed E-state index contributed by atoms with van der Waals surface area (Å²) < 4.78 is 1.93. The average molecular weight is 272 g/mol. The van der Waals surface area contributed by atoms with Gasteiger partial charge in [-0.1, -0.05) is 38.8 Å². The van der Waals surface area contributed by atoms with Crippen molar-refractivity contribution in [1.82, 2.24) is 15.1 Å². The number of rotatable bonds is 7. The highest BCUT2D eigenvalue weighted by molar-refractivity contribution is 6.31. The molecular formula is C14H26ClN3. The lowest BCUT2D eigenvalue weighted by atomic mass is 9.93. The van der Waals surface area contributed by atoms with Crippen molar-refractivity contribution in [2.75, 3.05) is 7.05 Å². The van der Waals surface area contributed by atoms with Gasteiger partial charge >= 0.3 is 0 Å². The van der Waals surface area contributed by atoms with E-state index in [9.17, 15) is 0 Å². The van der Waals surface area contributed by atoms with Crippen molar-refractivity contribution in [2.45, 2.75) is 52.5 Å². The zero-order valence-corrected chi connectivity index (χ0v) is 13.0. The van der Waals surface area contributed by atoms with Crippen LogP contribution in [0.5, 0.6) is 0 Å². The summed E-state index contributed by atoms with van der Waals surface area (Å²) in [6, 6.07) is 0.461. The minimum Gasteiger partial charge on any atom is -0.316 e. The van der Waals surface area contributed by atoms with E-state index in [2.05, 4.69) is 31.2 Å². The van der Waals surface area contributed by atoms with Gasteiger partial charge in [-0.05, 0) is 25.8 Å². The summed E-state index contributed by atoms with van der Waals surface area (Å²) in [5.41, 5.74) is 2.16. The number of halogens is 1. The molecule has 0 saturated heterocycles. The summed E-state index contributed by atoms with van der Waals surface area (Å²) in [6.45, 7) is 6.62. The maximum absolute atomic E-state index is 6.40. The molecule has 1 rings (SSSR count). The zero-order valence-electron chi connectivity index (χ0n) is 12.3. The summed E-state index contributed by atoms with van der Waals surface area (Å²) in [7, 11) is 4.01. The SMILES string of the molecule is CCCC(C)C(Cc1c(Cl)c(CC)nn1C)NC. The lowest BCUT2D eigenvalue weighted by Crippen LogP contribution is -2.34. The lowest BCUT2D eigenvalue weighted by Gasteiger charge is -2.23. The minimum absolute atomic E-state index is 0.461. The Morgan fingerprint density at radius 3 is 2.50 bits per heavy atom. The third kappa shape index (κ3) is 3.48. The lowest BCUT2D eigenvalue weighted by molar-refractivity contribution is 0.366. The van der Waals surface area contributed by atoms with Crippen LogP contribution in [-0.4, -0.2) is 22.9 Å². The number of hydrogen-bond donors (Lipinski definition) is 1. The van der Waals surface area contributed by atoms with Crippen LogP contribution in [-0.2, 0) is 19.9 Å². The van der Waals surface area contributed by atoms with Crippen molar-refractivity contribution < 1.29 is 0 Å². The third-order valence-electron chi connectivity index (χ3n) is 3.72. The van der Waals surface area contributed by atoms with E-state index in [1.54, 1.807) is 0 Å². The average Bonchev–Trinajstić information content (AvgIpc) is 2.62. The molecule has 2 unspecified atom stereocenters. The van der Waals surface area contributed by atoms with Crippen LogP contribution in [0.15, 0.2) is 0 Å². The number of aromatic nitrogens is 2. The molecule has 0 spiro atoms. The Labute approximate surface area is 116 Å². The van der Waals surface area contributed by atoms with Crippen molar-refractivity contribution >= 4 is 11.6 Å². The van der Waals surface area contributed by atoms with Crippen LogP contribution in [0.25, 0.3) is 0 Å². The molecule has 104 valence electrons. The maximum Gasteiger partial charge on any atom is 0.0850 e. The Hall–Kier alpha value is -0.540. The van der Waals surface area contributed by atoms with Gasteiger partial charge in [-0.15, -0.1) is 0 Å². The van der Waals surface area contributed by atoms with Crippen LogP contribution in [0, 0.1) is 5.92 Å². The second-order valence-corrected chi connectivity index (χ2v) is 5.43. The molecule has 18 heavy (non-hydrogen) atoms. The highest BCUT2D eigenvalue weighted by Crippen LogP contribution is 2.24. The number of likely N-dealkylation sites (N-methyl/N-ethyl adjacent to an activating group) is 1. The maximum atomic E-state index is 6.40. The van der Waals surface area contributed by atoms with E-state index < -0.39 is 0 Å². The third-order valence-corrected chi connectivity index (χ3v) is 4.15. The molecule has 2 atom stereocenters. The van der Waals surface area contributed by atoms with E-state index in [0.717, 1.165) is 29.3 Å². The molecule has 0 aromatic carbocycles. The van der Waals surface area contributed by atoms with Gasteiger partial charge < -0.3 is 5.32 Å². The summed E-state index contributed by atoms with van der Waals surface area (Å²) in [5, 5.41) is 8.75. The van der Waals surface area contributed by atoms with Crippen LogP contribution in [0.4, 0.5) is 0 Å². The first-order valence-corrected chi connectivity index (χ1v) is 7.30. The first-order valence-electron chi connectivity index (χ1n) is 6.92. The van der Waals surface area contributed by atoms with Crippen LogP contribution >= 0.6 is 11.6 Å².